The fourth-order valence-electron chi connectivity index (χ4n) is 3.69. The van der Waals surface area contributed by atoms with Gasteiger partial charge in [-0.3, -0.25) is 14.3 Å². The number of aromatic nitrogens is 2. The Kier molecular flexibility index (Phi) is 6.41. The molecule has 1 aromatic heterocycles. The molecule has 1 aliphatic heterocycles. The first kappa shape index (κ1) is 21.8. The van der Waals surface area contributed by atoms with Crippen molar-refractivity contribution < 1.29 is 18.7 Å². The van der Waals surface area contributed by atoms with Gasteiger partial charge in [0.2, 0.25) is 5.91 Å². The molecule has 0 radical (unpaired) electrons. The average molecular weight is 457 g/mol. The third-order valence-corrected chi connectivity index (χ3v) is 5.51. The minimum absolute atomic E-state index is 0.0830. The van der Waals surface area contributed by atoms with E-state index in [2.05, 4.69) is 15.7 Å². The maximum Gasteiger partial charge on any atom is 0.259 e. The van der Waals surface area contributed by atoms with Crippen molar-refractivity contribution in [3.63, 3.8) is 0 Å². The Bertz CT molecular complexity index is 1160. The van der Waals surface area contributed by atoms with Crippen molar-refractivity contribution in [1.29, 1.82) is 0 Å². The molecule has 2 N–H and O–H groups in total. The molecule has 0 bridgehead atoms. The number of amides is 2. The number of rotatable bonds is 6. The summed E-state index contributed by atoms with van der Waals surface area (Å²) in [5.74, 6) is -0.0417. The first-order valence-electron chi connectivity index (χ1n) is 10.2. The predicted octanol–water partition coefficient (Wildman–Crippen LogP) is 4.42. The van der Waals surface area contributed by atoms with Crippen molar-refractivity contribution in [3.8, 4) is 11.5 Å². The monoisotopic (exact) mass is 456 g/mol. The number of carbonyl (C=O) groups is 2. The number of carbonyl (C=O) groups excluding carboxylic acids is 2. The van der Waals surface area contributed by atoms with Crippen LogP contribution in [0.15, 0.2) is 48.7 Å². The first-order valence-corrected chi connectivity index (χ1v) is 10.6. The highest BCUT2D eigenvalue weighted by atomic mass is 35.5. The standard InChI is InChI=1S/C23H22ClFN4O3/c1-14(30)26-12-15-7-8-29-21(9-15)19(13-27-29)23(31)28-20-11-17(25)5-6-22(20)32-18-4-2-3-16(24)10-18/h2-6,10-11,13,15H,7-9,12H2,1H3,(H,26,30)(H,28,31). The van der Waals surface area contributed by atoms with Gasteiger partial charge in [0.25, 0.3) is 5.91 Å². The normalized spacial score (nSPS) is 15.0. The van der Waals surface area contributed by atoms with Gasteiger partial charge in [0.05, 0.1) is 23.1 Å². The molecule has 3 aromatic rings. The topological polar surface area (TPSA) is 85.2 Å². The number of benzene rings is 2. The van der Waals surface area contributed by atoms with Crippen LogP contribution in [0.25, 0.3) is 0 Å². The zero-order valence-corrected chi connectivity index (χ0v) is 18.2. The number of ether oxygens (including phenoxy) is 1. The van der Waals surface area contributed by atoms with Crippen LogP contribution in [0.5, 0.6) is 11.5 Å². The summed E-state index contributed by atoms with van der Waals surface area (Å²) in [6.45, 7) is 2.69. The van der Waals surface area contributed by atoms with Crippen molar-refractivity contribution >= 4 is 29.1 Å². The van der Waals surface area contributed by atoms with Gasteiger partial charge in [0, 0.05) is 31.1 Å². The van der Waals surface area contributed by atoms with E-state index in [1.54, 1.807) is 28.9 Å². The summed E-state index contributed by atoms with van der Waals surface area (Å²) in [7, 11) is 0. The van der Waals surface area contributed by atoms with Gasteiger partial charge in [-0.05, 0) is 49.1 Å². The Hall–Kier alpha value is -3.39. The number of fused-ring (bicyclic) bond motifs is 1. The molecule has 0 saturated heterocycles. The number of nitrogens with zero attached hydrogens (tertiary/aromatic N) is 2. The van der Waals surface area contributed by atoms with Gasteiger partial charge in [0.15, 0.2) is 5.75 Å². The van der Waals surface area contributed by atoms with Gasteiger partial charge in [-0.25, -0.2) is 4.39 Å². The maximum absolute atomic E-state index is 13.9. The summed E-state index contributed by atoms with van der Waals surface area (Å²) in [5, 5.41) is 10.4. The number of anilines is 1. The van der Waals surface area contributed by atoms with E-state index >= 15 is 0 Å². The molecule has 1 aliphatic rings. The molecule has 2 heterocycles. The highest BCUT2D eigenvalue weighted by molar-refractivity contribution is 6.30. The van der Waals surface area contributed by atoms with Gasteiger partial charge in [-0.1, -0.05) is 17.7 Å². The molecular formula is C23H22ClFN4O3. The lowest BCUT2D eigenvalue weighted by Gasteiger charge is -2.24. The van der Waals surface area contributed by atoms with Crippen molar-refractivity contribution in [3.05, 3.63) is 70.8 Å². The van der Waals surface area contributed by atoms with Crippen LogP contribution < -0.4 is 15.4 Å². The predicted molar refractivity (Wildman–Crippen MR) is 119 cm³/mol. The fourth-order valence-corrected chi connectivity index (χ4v) is 3.87. The summed E-state index contributed by atoms with van der Waals surface area (Å²) in [4.78, 5) is 24.3. The minimum Gasteiger partial charge on any atom is -0.455 e. The van der Waals surface area contributed by atoms with Crippen LogP contribution in [0.4, 0.5) is 10.1 Å². The van der Waals surface area contributed by atoms with E-state index in [0.717, 1.165) is 12.1 Å². The molecule has 7 nitrogen and oxygen atoms in total. The van der Waals surface area contributed by atoms with Gasteiger partial charge in [-0.2, -0.15) is 5.10 Å². The van der Waals surface area contributed by atoms with Gasteiger partial charge in [-0.15, -0.1) is 0 Å². The van der Waals surface area contributed by atoms with Crippen LogP contribution in [-0.4, -0.2) is 28.1 Å². The summed E-state index contributed by atoms with van der Waals surface area (Å²) < 4.78 is 21.6. The molecule has 166 valence electrons. The Morgan fingerprint density at radius 2 is 2.12 bits per heavy atom. The quantitative estimate of drug-likeness (QED) is 0.575. The molecular weight excluding hydrogens is 435 g/mol. The largest absolute Gasteiger partial charge is 0.455 e. The van der Waals surface area contributed by atoms with Gasteiger partial charge >= 0.3 is 0 Å². The summed E-state index contributed by atoms with van der Waals surface area (Å²) in [5.41, 5.74) is 1.40. The van der Waals surface area contributed by atoms with Crippen molar-refractivity contribution in [2.24, 2.45) is 5.92 Å². The minimum atomic E-state index is -0.508. The van der Waals surface area contributed by atoms with Crippen molar-refractivity contribution in [2.75, 3.05) is 11.9 Å². The lowest BCUT2D eigenvalue weighted by atomic mass is 9.94. The van der Waals surface area contributed by atoms with E-state index in [-0.39, 0.29) is 23.3 Å². The number of hydrogen-bond donors (Lipinski definition) is 2. The molecule has 1 unspecified atom stereocenters. The molecule has 0 fully saturated rings. The molecule has 9 heteroatoms. The zero-order chi connectivity index (χ0) is 22.7. The average Bonchev–Trinajstić information content (AvgIpc) is 3.17. The number of nitrogens with one attached hydrogen (secondary N) is 2. The second kappa shape index (κ2) is 9.40. The number of hydrogen-bond acceptors (Lipinski definition) is 4. The van der Waals surface area contributed by atoms with Gasteiger partial charge < -0.3 is 15.4 Å². The van der Waals surface area contributed by atoms with E-state index in [9.17, 15) is 14.0 Å². The van der Waals surface area contributed by atoms with Crippen LogP contribution >= 0.6 is 11.6 Å². The molecule has 4 rings (SSSR count). The molecule has 2 aromatic carbocycles. The first-order chi connectivity index (χ1) is 15.4. The molecule has 2 amide bonds. The van der Waals surface area contributed by atoms with Gasteiger partial charge in [0.1, 0.15) is 11.6 Å². The Morgan fingerprint density at radius 3 is 2.91 bits per heavy atom. The van der Waals surface area contributed by atoms with Crippen molar-refractivity contribution in [2.45, 2.75) is 26.3 Å². The third-order valence-electron chi connectivity index (χ3n) is 5.28. The van der Waals surface area contributed by atoms with E-state index in [1.807, 2.05) is 0 Å². The zero-order valence-electron chi connectivity index (χ0n) is 17.4. The van der Waals surface area contributed by atoms with E-state index in [1.165, 1.54) is 31.3 Å². The smallest absolute Gasteiger partial charge is 0.259 e. The van der Waals surface area contributed by atoms with E-state index < -0.39 is 11.7 Å². The van der Waals surface area contributed by atoms with Crippen LogP contribution in [0.1, 0.15) is 29.4 Å². The van der Waals surface area contributed by atoms with Crippen LogP contribution in [0.2, 0.25) is 5.02 Å². The van der Waals surface area contributed by atoms with E-state index in [0.29, 0.717) is 35.8 Å². The Labute approximate surface area is 189 Å². The number of aryl methyl sites for hydroxylation is 1. The van der Waals surface area contributed by atoms with Crippen molar-refractivity contribution in [1.82, 2.24) is 15.1 Å². The van der Waals surface area contributed by atoms with Crippen LogP contribution in [-0.2, 0) is 17.8 Å². The van der Waals surface area contributed by atoms with E-state index in [4.69, 9.17) is 16.3 Å². The maximum atomic E-state index is 13.9. The highest BCUT2D eigenvalue weighted by Gasteiger charge is 2.26. The summed E-state index contributed by atoms with van der Waals surface area (Å²) in [6.07, 6.45) is 2.98. The third kappa shape index (κ3) is 5.08. The SMILES string of the molecule is CC(=O)NCC1CCn2ncc(C(=O)Nc3cc(F)ccc3Oc3cccc(Cl)c3)c2C1. The molecule has 1 atom stereocenters. The van der Waals surface area contributed by atoms with Crippen LogP contribution in [0, 0.1) is 11.7 Å². The summed E-state index contributed by atoms with van der Waals surface area (Å²) in [6, 6.07) is 10.7. The Morgan fingerprint density at radius 1 is 1.28 bits per heavy atom. The highest BCUT2D eigenvalue weighted by Crippen LogP contribution is 2.32. The van der Waals surface area contributed by atoms with Crippen LogP contribution in [0.3, 0.4) is 0 Å². The Balaban J connectivity index is 1.53. The fraction of sp³-hybridized carbons (Fsp3) is 0.261. The second-order valence-electron chi connectivity index (χ2n) is 7.68. The molecule has 0 spiro atoms. The molecule has 0 aliphatic carbocycles. The lowest BCUT2D eigenvalue weighted by molar-refractivity contribution is -0.119. The summed E-state index contributed by atoms with van der Waals surface area (Å²) >= 11 is 6.00. The number of halogens is 2. The molecule has 0 saturated carbocycles. The molecule has 32 heavy (non-hydrogen) atoms. The second-order valence-corrected chi connectivity index (χ2v) is 8.11. The lowest BCUT2D eigenvalue weighted by Crippen LogP contribution is -2.32.